The van der Waals surface area contributed by atoms with E-state index in [9.17, 15) is 0 Å². The molecule has 1 aromatic carbocycles. The van der Waals surface area contributed by atoms with Crippen molar-refractivity contribution in [2.75, 3.05) is 0 Å². The Labute approximate surface area is 118 Å². The monoisotopic (exact) mass is 288 g/mol. The molecular weight excluding hydrogens is 275 g/mol. The van der Waals surface area contributed by atoms with E-state index < -0.39 is 4.33 Å². The normalized spacial score (nSPS) is 25.8. The fourth-order valence-electron chi connectivity index (χ4n) is 2.51. The van der Waals surface area contributed by atoms with E-state index in [4.69, 9.17) is 34.8 Å². The molecule has 1 aromatic rings. The molecule has 0 aromatic heterocycles. The zero-order valence-electron chi connectivity index (χ0n) is 10.2. The second kappa shape index (κ2) is 4.19. The summed E-state index contributed by atoms with van der Waals surface area (Å²) in [6.07, 6.45) is 0. The number of hydrogen-bond acceptors (Lipinski definition) is 0. The third-order valence-corrected chi connectivity index (χ3v) is 4.94. The minimum atomic E-state index is -0.710. The number of alkyl halides is 2. The minimum Gasteiger partial charge on any atom is -0.100 e. The van der Waals surface area contributed by atoms with Gasteiger partial charge in [-0.1, -0.05) is 35.9 Å². The molecule has 0 amide bonds. The summed E-state index contributed by atoms with van der Waals surface area (Å²) >= 11 is 18.8. The van der Waals surface area contributed by atoms with Crippen molar-refractivity contribution in [1.82, 2.24) is 0 Å². The van der Waals surface area contributed by atoms with Gasteiger partial charge in [-0.25, -0.2) is 0 Å². The molecule has 0 saturated heterocycles. The van der Waals surface area contributed by atoms with Crippen LogP contribution in [-0.4, -0.2) is 4.33 Å². The van der Waals surface area contributed by atoms with Crippen LogP contribution < -0.4 is 0 Å². The van der Waals surface area contributed by atoms with Crippen LogP contribution in [0.1, 0.15) is 29.5 Å². The van der Waals surface area contributed by atoms with Crippen LogP contribution in [0, 0.1) is 19.8 Å². The number of hydrogen-bond donors (Lipinski definition) is 0. The summed E-state index contributed by atoms with van der Waals surface area (Å²) in [6.45, 7) is 9.93. The Morgan fingerprint density at radius 1 is 1.24 bits per heavy atom. The van der Waals surface area contributed by atoms with E-state index in [1.165, 1.54) is 0 Å². The lowest BCUT2D eigenvalue weighted by atomic mass is 10.0. The molecule has 0 radical (unpaired) electrons. The molecule has 3 heteroatoms. The first kappa shape index (κ1) is 13.3. The topological polar surface area (TPSA) is 0 Å². The molecule has 0 aliphatic heterocycles. The number of rotatable bonds is 2. The van der Waals surface area contributed by atoms with Gasteiger partial charge in [0.05, 0.1) is 0 Å². The SMILES string of the molecule is C=C(C)C1[C@H](c2cc(C)c(Cl)c(C)c2)C1(Cl)Cl. The molecule has 0 spiro atoms. The molecule has 1 fully saturated rings. The van der Waals surface area contributed by atoms with Crippen LogP contribution in [0.15, 0.2) is 24.3 Å². The highest BCUT2D eigenvalue weighted by atomic mass is 35.5. The summed E-state index contributed by atoms with van der Waals surface area (Å²) < 4.78 is -0.710. The zero-order chi connectivity index (χ0) is 13.0. The molecule has 1 aliphatic rings. The van der Waals surface area contributed by atoms with Gasteiger partial charge in [-0.2, -0.15) is 0 Å². The van der Waals surface area contributed by atoms with E-state index in [2.05, 4.69) is 18.7 Å². The van der Waals surface area contributed by atoms with Crippen molar-refractivity contribution >= 4 is 34.8 Å². The fourth-order valence-corrected chi connectivity index (χ4v) is 3.63. The number of benzene rings is 1. The van der Waals surface area contributed by atoms with Crippen LogP contribution >= 0.6 is 34.8 Å². The van der Waals surface area contributed by atoms with Gasteiger partial charge in [0.25, 0.3) is 0 Å². The summed E-state index contributed by atoms with van der Waals surface area (Å²) in [5.74, 6) is 0.281. The molecule has 92 valence electrons. The summed E-state index contributed by atoms with van der Waals surface area (Å²) in [6, 6.07) is 4.14. The maximum absolute atomic E-state index is 6.32. The van der Waals surface area contributed by atoms with Crippen LogP contribution in [-0.2, 0) is 0 Å². The average Bonchev–Trinajstić information content (AvgIpc) is 2.77. The van der Waals surface area contributed by atoms with Gasteiger partial charge < -0.3 is 0 Å². The predicted octanol–water partition coefficient (Wildman–Crippen LogP) is 5.42. The molecule has 0 bridgehead atoms. The van der Waals surface area contributed by atoms with E-state index >= 15 is 0 Å². The maximum Gasteiger partial charge on any atom is 0.132 e. The Balaban J connectivity index is 2.41. The summed E-state index contributed by atoms with van der Waals surface area (Å²) in [4.78, 5) is 0. The van der Waals surface area contributed by atoms with Crippen molar-refractivity contribution in [1.29, 1.82) is 0 Å². The highest BCUT2D eigenvalue weighted by molar-refractivity contribution is 6.52. The smallest absolute Gasteiger partial charge is 0.100 e. The molecule has 1 saturated carbocycles. The molecular formula is C14H15Cl3. The quantitative estimate of drug-likeness (QED) is 0.504. The van der Waals surface area contributed by atoms with E-state index in [0.29, 0.717) is 0 Å². The van der Waals surface area contributed by atoms with E-state index in [0.717, 1.165) is 27.3 Å². The lowest BCUT2D eigenvalue weighted by molar-refractivity contribution is 0.939. The lowest BCUT2D eigenvalue weighted by Crippen LogP contribution is -1.93. The molecule has 2 rings (SSSR count). The Morgan fingerprint density at radius 2 is 1.71 bits per heavy atom. The van der Waals surface area contributed by atoms with Crippen molar-refractivity contribution in [3.05, 3.63) is 46.0 Å². The third kappa shape index (κ3) is 2.12. The second-order valence-electron chi connectivity index (χ2n) is 4.94. The molecule has 0 heterocycles. The van der Waals surface area contributed by atoms with Gasteiger partial charge in [-0.05, 0) is 37.5 Å². The molecule has 1 unspecified atom stereocenters. The van der Waals surface area contributed by atoms with Crippen molar-refractivity contribution in [3.63, 3.8) is 0 Å². The average molecular weight is 290 g/mol. The van der Waals surface area contributed by atoms with Gasteiger partial charge >= 0.3 is 0 Å². The minimum absolute atomic E-state index is 0.137. The Morgan fingerprint density at radius 3 is 2.06 bits per heavy atom. The first-order chi connectivity index (χ1) is 7.76. The van der Waals surface area contributed by atoms with Crippen LogP contribution in [0.5, 0.6) is 0 Å². The number of aryl methyl sites for hydroxylation is 2. The Hall–Kier alpha value is -0.170. The second-order valence-corrected chi connectivity index (χ2v) is 6.77. The van der Waals surface area contributed by atoms with Crippen LogP contribution in [0.3, 0.4) is 0 Å². The lowest BCUT2D eigenvalue weighted by Gasteiger charge is -2.07. The van der Waals surface area contributed by atoms with Crippen molar-refractivity contribution in [2.45, 2.75) is 31.0 Å². The van der Waals surface area contributed by atoms with Gasteiger partial charge in [0.2, 0.25) is 0 Å². The number of halogens is 3. The van der Waals surface area contributed by atoms with Crippen LogP contribution in [0.25, 0.3) is 0 Å². The summed E-state index contributed by atoms with van der Waals surface area (Å²) in [5.41, 5.74) is 4.32. The van der Waals surface area contributed by atoms with E-state index in [1.54, 1.807) is 0 Å². The fraction of sp³-hybridized carbons (Fsp3) is 0.429. The van der Waals surface area contributed by atoms with Gasteiger partial charge in [0, 0.05) is 16.9 Å². The summed E-state index contributed by atoms with van der Waals surface area (Å²) in [7, 11) is 0. The highest BCUT2D eigenvalue weighted by Gasteiger charge is 2.63. The Bertz CT molecular complexity index is 465. The molecule has 0 N–H and O–H groups in total. The van der Waals surface area contributed by atoms with Gasteiger partial charge in [0.15, 0.2) is 0 Å². The van der Waals surface area contributed by atoms with Crippen LogP contribution in [0.2, 0.25) is 5.02 Å². The third-order valence-electron chi connectivity index (χ3n) is 3.40. The molecule has 0 nitrogen and oxygen atoms in total. The van der Waals surface area contributed by atoms with Crippen molar-refractivity contribution in [3.8, 4) is 0 Å². The van der Waals surface area contributed by atoms with E-state index in [1.807, 2.05) is 20.8 Å². The Kier molecular flexibility index (Phi) is 3.27. The van der Waals surface area contributed by atoms with Gasteiger partial charge in [-0.3, -0.25) is 0 Å². The first-order valence-electron chi connectivity index (χ1n) is 5.56. The summed E-state index contributed by atoms with van der Waals surface area (Å²) in [5, 5.41) is 0.816. The van der Waals surface area contributed by atoms with Gasteiger partial charge in [0.1, 0.15) is 4.33 Å². The van der Waals surface area contributed by atoms with Gasteiger partial charge in [-0.15, -0.1) is 23.2 Å². The number of allylic oxidation sites excluding steroid dienone is 1. The van der Waals surface area contributed by atoms with E-state index in [-0.39, 0.29) is 11.8 Å². The highest BCUT2D eigenvalue weighted by Crippen LogP contribution is 2.67. The van der Waals surface area contributed by atoms with Crippen LogP contribution in [0.4, 0.5) is 0 Å². The first-order valence-corrected chi connectivity index (χ1v) is 6.70. The van der Waals surface area contributed by atoms with Crippen molar-refractivity contribution in [2.24, 2.45) is 5.92 Å². The predicted molar refractivity (Wildman–Crippen MR) is 76.4 cm³/mol. The van der Waals surface area contributed by atoms with Crippen molar-refractivity contribution < 1.29 is 0 Å². The molecule has 17 heavy (non-hydrogen) atoms. The zero-order valence-corrected chi connectivity index (χ0v) is 12.4. The standard InChI is InChI=1S/C14H15Cl3/c1-7(2)11-12(14(11,16)17)10-5-8(3)13(15)9(4)6-10/h5-6,11-12H,1H2,2-4H3/t11?,12-/m0/s1. The molecule has 1 aliphatic carbocycles. The maximum atomic E-state index is 6.32. The molecule has 2 atom stereocenters. The largest absolute Gasteiger partial charge is 0.132 e.